The predicted octanol–water partition coefficient (Wildman–Crippen LogP) is 6.09. The molecule has 1 heterocycles. The van der Waals surface area contributed by atoms with E-state index in [0.29, 0.717) is 6.61 Å². The molecule has 3 aromatic rings. The van der Waals surface area contributed by atoms with Gasteiger partial charge in [-0.2, -0.15) is 0 Å². The van der Waals surface area contributed by atoms with Crippen molar-refractivity contribution in [1.29, 1.82) is 0 Å². The minimum Gasteiger partial charge on any atom is -0.489 e. The van der Waals surface area contributed by atoms with Gasteiger partial charge in [-0.15, -0.1) is 0 Å². The average Bonchev–Trinajstić information content (AvgIpc) is 3.27. The maximum absolute atomic E-state index is 6.07. The highest BCUT2D eigenvalue weighted by atomic mass is 16.5. The molecular weight excluding hydrogens is 380 g/mol. The van der Waals surface area contributed by atoms with Crippen LogP contribution in [0.3, 0.4) is 0 Å². The van der Waals surface area contributed by atoms with Gasteiger partial charge in [-0.05, 0) is 81.4 Å². The smallest absolute Gasteiger partial charge is 0.120 e. The highest BCUT2D eigenvalue weighted by molar-refractivity contribution is 5.36. The molecule has 0 amide bonds. The van der Waals surface area contributed by atoms with E-state index in [-0.39, 0.29) is 5.41 Å². The van der Waals surface area contributed by atoms with Gasteiger partial charge in [-0.1, -0.05) is 42.2 Å². The third-order valence-electron chi connectivity index (χ3n) is 4.64. The number of ether oxygens (including phenoxy) is 1. The van der Waals surface area contributed by atoms with Gasteiger partial charge in [0.15, 0.2) is 0 Å². The first-order valence-corrected chi connectivity index (χ1v) is 10.7. The van der Waals surface area contributed by atoms with Crippen molar-refractivity contribution >= 4 is 0 Å². The van der Waals surface area contributed by atoms with Crippen LogP contribution in [-0.4, -0.2) is 23.1 Å². The van der Waals surface area contributed by atoms with Crippen LogP contribution in [-0.2, 0) is 13.2 Å². The average molecular weight is 413 g/mol. The second-order valence-electron chi connectivity index (χ2n) is 8.81. The summed E-state index contributed by atoms with van der Waals surface area (Å²) in [6.07, 6.45) is 8.15. The fraction of sp³-hybridized carbons (Fsp3) is 0.286. The van der Waals surface area contributed by atoms with E-state index in [2.05, 4.69) is 97.7 Å². The van der Waals surface area contributed by atoms with Gasteiger partial charge in [0.2, 0.25) is 0 Å². The van der Waals surface area contributed by atoms with Gasteiger partial charge in [0.05, 0.1) is 0 Å². The second kappa shape index (κ2) is 10.7. The van der Waals surface area contributed by atoms with Gasteiger partial charge in [-0.3, -0.25) is 4.90 Å². The van der Waals surface area contributed by atoms with Crippen LogP contribution in [0.25, 0.3) is 5.69 Å². The van der Waals surface area contributed by atoms with E-state index in [1.165, 1.54) is 5.56 Å². The largest absolute Gasteiger partial charge is 0.489 e. The lowest BCUT2D eigenvalue weighted by Gasteiger charge is -2.15. The number of benzene rings is 2. The molecule has 0 aliphatic rings. The molecule has 0 bridgehead atoms. The first-order chi connectivity index (χ1) is 14.9. The molecule has 0 aliphatic heterocycles. The summed E-state index contributed by atoms with van der Waals surface area (Å²) in [6, 6.07) is 20.8. The minimum absolute atomic E-state index is 0.0419. The SMILES string of the molecule is CN(C/C=C/C#CC(C)(C)C)Cc1cccc(OCc2cccc(-n3cccc3)c2)c1. The highest BCUT2D eigenvalue weighted by Crippen LogP contribution is 2.18. The van der Waals surface area contributed by atoms with Crippen molar-refractivity contribution in [2.45, 2.75) is 33.9 Å². The number of hydrogen-bond acceptors (Lipinski definition) is 2. The molecule has 0 N–H and O–H groups in total. The van der Waals surface area contributed by atoms with Gasteiger partial charge in [0.25, 0.3) is 0 Å². The lowest BCUT2D eigenvalue weighted by molar-refractivity contribution is 0.304. The Morgan fingerprint density at radius 3 is 2.48 bits per heavy atom. The van der Waals surface area contributed by atoms with Crippen molar-refractivity contribution in [2.24, 2.45) is 5.41 Å². The Morgan fingerprint density at radius 1 is 0.968 bits per heavy atom. The van der Waals surface area contributed by atoms with E-state index >= 15 is 0 Å². The predicted molar refractivity (Wildman–Crippen MR) is 129 cm³/mol. The maximum Gasteiger partial charge on any atom is 0.120 e. The van der Waals surface area contributed by atoms with Gasteiger partial charge in [0, 0.05) is 36.6 Å². The van der Waals surface area contributed by atoms with Crippen molar-refractivity contribution in [3.05, 3.63) is 96.3 Å². The molecular formula is C28H32N2O. The lowest BCUT2D eigenvalue weighted by Crippen LogP contribution is -2.17. The summed E-state index contributed by atoms with van der Waals surface area (Å²) in [6.45, 7) is 8.62. The first-order valence-electron chi connectivity index (χ1n) is 10.7. The zero-order chi connectivity index (χ0) is 22.1. The van der Waals surface area contributed by atoms with E-state index in [1.54, 1.807) is 0 Å². The quantitative estimate of drug-likeness (QED) is 0.416. The molecule has 0 saturated carbocycles. The molecule has 3 rings (SSSR count). The first kappa shape index (κ1) is 22.5. The molecule has 0 saturated heterocycles. The fourth-order valence-electron chi connectivity index (χ4n) is 3.14. The molecule has 0 spiro atoms. The number of likely N-dealkylation sites (N-methyl/N-ethyl adjacent to an activating group) is 1. The summed E-state index contributed by atoms with van der Waals surface area (Å²) < 4.78 is 8.17. The van der Waals surface area contributed by atoms with Crippen LogP contribution in [0.4, 0.5) is 0 Å². The van der Waals surface area contributed by atoms with Crippen molar-refractivity contribution in [3.8, 4) is 23.3 Å². The normalized spacial score (nSPS) is 11.5. The Labute approximate surface area is 187 Å². The number of allylic oxidation sites excluding steroid dienone is 1. The van der Waals surface area contributed by atoms with Crippen LogP contribution in [0, 0.1) is 17.3 Å². The topological polar surface area (TPSA) is 17.4 Å². The third-order valence-corrected chi connectivity index (χ3v) is 4.64. The molecule has 31 heavy (non-hydrogen) atoms. The summed E-state index contributed by atoms with van der Waals surface area (Å²) >= 11 is 0. The van der Waals surface area contributed by atoms with Crippen LogP contribution in [0.15, 0.2) is 85.2 Å². The number of hydrogen-bond donors (Lipinski definition) is 0. The van der Waals surface area contributed by atoms with Crippen LogP contribution < -0.4 is 4.74 Å². The molecule has 1 aromatic heterocycles. The lowest BCUT2D eigenvalue weighted by atomic mass is 9.98. The molecule has 160 valence electrons. The molecule has 0 radical (unpaired) electrons. The van der Waals surface area contributed by atoms with Crippen LogP contribution in [0.1, 0.15) is 31.9 Å². The fourth-order valence-corrected chi connectivity index (χ4v) is 3.14. The zero-order valence-electron chi connectivity index (χ0n) is 19.0. The second-order valence-corrected chi connectivity index (χ2v) is 8.81. The minimum atomic E-state index is 0.0419. The van der Waals surface area contributed by atoms with E-state index < -0.39 is 0 Å². The number of rotatable bonds is 8. The van der Waals surface area contributed by atoms with Gasteiger partial charge in [0.1, 0.15) is 12.4 Å². The molecule has 3 heteroatoms. The number of aromatic nitrogens is 1. The Bertz CT molecular complexity index is 1050. The molecule has 0 aliphatic carbocycles. The van der Waals surface area contributed by atoms with Crippen LogP contribution >= 0.6 is 0 Å². The van der Waals surface area contributed by atoms with Crippen LogP contribution in [0.5, 0.6) is 5.75 Å². The highest BCUT2D eigenvalue weighted by Gasteiger charge is 2.04. The van der Waals surface area contributed by atoms with E-state index in [1.807, 2.05) is 36.7 Å². The summed E-state index contributed by atoms with van der Waals surface area (Å²) in [7, 11) is 2.11. The summed E-state index contributed by atoms with van der Waals surface area (Å²) in [5, 5.41) is 0. The van der Waals surface area contributed by atoms with Crippen molar-refractivity contribution in [3.63, 3.8) is 0 Å². The molecule has 0 atom stereocenters. The Hall–Kier alpha value is -3.22. The zero-order valence-corrected chi connectivity index (χ0v) is 19.0. The van der Waals surface area contributed by atoms with E-state index in [9.17, 15) is 0 Å². The number of nitrogens with zero attached hydrogens (tertiary/aromatic N) is 2. The van der Waals surface area contributed by atoms with E-state index in [4.69, 9.17) is 4.74 Å². The summed E-state index contributed by atoms with van der Waals surface area (Å²) in [5.41, 5.74) is 3.56. The van der Waals surface area contributed by atoms with Gasteiger partial charge >= 0.3 is 0 Å². The van der Waals surface area contributed by atoms with Crippen molar-refractivity contribution in [2.75, 3.05) is 13.6 Å². The van der Waals surface area contributed by atoms with Gasteiger partial charge < -0.3 is 9.30 Å². The molecule has 0 unspecified atom stereocenters. The summed E-state index contributed by atoms with van der Waals surface area (Å²) in [4.78, 5) is 2.26. The Morgan fingerprint density at radius 2 is 1.71 bits per heavy atom. The van der Waals surface area contributed by atoms with Gasteiger partial charge in [-0.25, -0.2) is 0 Å². The Kier molecular flexibility index (Phi) is 7.76. The maximum atomic E-state index is 6.07. The Balaban J connectivity index is 1.53. The molecule has 3 nitrogen and oxygen atoms in total. The molecule has 0 fully saturated rings. The molecule has 2 aromatic carbocycles. The third kappa shape index (κ3) is 7.85. The summed E-state index contributed by atoms with van der Waals surface area (Å²) in [5.74, 6) is 7.23. The van der Waals surface area contributed by atoms with Crippen molar-refractivity contribution < 1.29 is 4.74 Å². The van der Waals surface area contributed by atoms with E-state index in [0.717, 1.165) is 30.1 Å². The van der Waals surface area contributed by atoms with Crippen LogP contribution in [0.2, 0.25) is 0 Å². The monoisotopic (exact) mass is 412 g/mol. The van der Waals surface area contributed by atoms with Crippen molar-refractivity contribution in [1.82, 2.24) is 9.47 Å². The standard InChI is InChI=1S/C28H32N2O/c1-28(2,3)16-6-5-7-17-29(4)22-24-12-11-15-27(21-24)31-23-25-13-10-14-26(20-25)30-18-8-9-19-30/h5,7-15,18-21H,17,22-23H2,1-4H3/b7-5+.